The zero-order chi connectivity index (χ0) is 20.8. The van der Waals surface area contributed by atoms with E-state index in [1.54, 1.807) is 14.0 Å². The SMILES string of the molecule is Cc1nn(C)c(Cl)c1C(=O)OCC(=O)NC(Cc1ccccc1)c1ccccc1. The molecule has 3 rings (SSSR count). The summed E-state index contributed by atoms with van der Waals surface area (Å²) in [4.78, 5) is 24.8. The number of halogens is 1. The van der Waals surface area contributed by atoms with E-state index in [0.717, 1.165) is 11.1 Å². The van der Waals surface area contributed by atoms with Gasteiger partial charge in [0, 0.05) is 7.05 Å². The smallest absolute Gasteiger partial charge is 0.343 e. The van der Waals surface area contributed by atoms with Crippen LogP contribution in [0.15, 0.2) is 60.7 Å². The Labute approximate surface area is 174 Å². The van der Waals surface area contributed by atoms with Crippen LogP contribution < -0.4 is 5.32 Å². The van der Waals surface area contributed by atoms with Gasteiger partial charge in [0.2, 0.25) is 0 Å². The fourth-order valence-electron chi connectivity index (χ4n) is 3.09. The molecule has 1 N–H and O–H groups in total. The maximum atomic E-state index is 12.5. The first-order valence-electron chi connectivity index (χ1n) is 9.20. The van der Waals surface area contributed by atoms with E-state index in [9.17, 15) is 9.59 Å². The highest BCUT2D eigenvalue weighted by molar-refractivity contribution is 6.32. The van der Waals surface area contributed by atoms with E-state index in [1.807, 2.05) is 60.7 Å². The Kier molecular flexibility index (Phi) is 6.67. The molecule has 0 fully saturated rings. The molecule has 0 spiro atoms. The predicted molar refractivity (Wildman–Crippen MR) is 111 cm³/mol. The van der Waals surface area contributed by atoms with Crippen molar-refractivity contribution in [3.8, 4) is 0 Å². The van der Waals surface area contributed by atoms with E-state index in [-0.39, 0.29) is 22.7 Å². The van der Waals surface area contributed by atoms with Gasteiger partial charge in [-0.25, -0.2) is 4.79 Å². The molecule has 150 valence electrons. The van der Waals surface area contributed by atoms with Crippen LogP contribution in [0, 0.1) is 6.92 Å². The Balaban J connectivity index is 1.66. The van der Waals surface area contributed by atoms with Crippen molar-refractivity contribution in [3.05, 3.63) is 88.2 Å². The van der Waals surface area contributed by atoms with Gasteiger partial charge in [-0.15, -0.1) is 0 Å². The number of carbonyl (C=O) groups is 2. The number of esters is 1. The van der Waals surface area contributed by atoms with Crippen LogP contribution in [0.4, 0.5) is 0 Å². The molecule has 1 aromatic heterocycles. The maximum Gasteiger partial charge on any atom is 0.343 e. The van der Waals surface area contributed by atoms with E-state index >= 15 is 0 Å². The Morgan fingerprint density at radius 1 is 1.10 bits per heavy atom. The lowest BCUT2D eigenvalue weighted by Gasteiger charge is -2.19. The van der Waals surface area contributed by atoms with Crippen molar-refractivity contribution in [2.24, 2.45) is 7.05 Å². The zero-order valence-corrected chi connectivity index (χ0v) is 17.0. The second-order valence-electron chi connectivity index (χ2n) is 6.67. The molecule has 1 amide bonds. The minimum Gasteiger partial charge on any atom is -0.452 e. The molecule has 2 aromatic carbocycles. The Hall–Kier alpha value is -3.12. The first-order chi connectivity index (χ1) is 14.0. The van der Waals surface area contributed by atoms with Gasteiger partial charge in [-0.2, -0.15) is 5.10 Å². The molecule has 0 aliphatic carbocycles. The number of benzene rings is 2. The molecule has 1 atom stereocenters. The monoisotopic (exact) mass is 411 g/mol. The van der Waals surface area contributed by atoms with E-state index < -0.39 is 12.6 Å². The third-order valence-electron chi connectivity index (χ3n) is 4.51. The van der Waals surface area contributed by atoms with Crippen LogP contribution in [-0.2, 0) is 23.0 Å². The summed E-state index contributed by atoms with van der Waals surface area (Å²) in [5.74, 6) is -1.06. The minimum absolute atomic E-state index is 0.172. The highest BCUT2D eigenvalue weighted by atomic mass is 35.5. The van der Waals surface area contributed by atoms with Crippen LogP contribution in [0.1, 0.15) is 33.2 Å². The molecule has 0 saturated carbocycles. The largest absolute Gasteiger partial charge is 0.452 e. The normalized spacial score (nSPS) is 11.7. The maximum absolute atomic E-state index is 12.5. The Morgan fingerprint density at radius 3 is 2.31 bits per heavy atom. The van der Waals surface area contributed by atoms with Crippen molar-refractivity contribution in [3.63, 3.8) is 0 Å². The van der Waals surface area contributed by atoms with Crippen molar-refractivity contribution in [2.75, 3.05) is 6.61 Å². The van der Waals surface area contributed by atoms with Gasteiger partial charge < -0.3 is 10.1 Å². The highest BCUT2D eigenvalue weighted by Gasteiger charge is 2.22. The average Bonchev–Trinajstić information content (AvgIpc) is 2.98. The lowest BCUT2D eigenvalue weighted by atomic mass is 9.99. The molecule has 1 unspecified atom stereocenters. The topological polar surface area (TPSA) is 73.2 Å². The summed E-state index contributed by atoms with van der Waals surface area (Å²) in [6.07, 6.45) is 0.623. The van der Waals surface area contributed by atoms with Gasteiger partial charge in [0.15, 0.2) is 6.61 Å². The van der Waals surface area contributed by atoms with Crippen LogP contribution in [-0.4, -0.2) is 28.3 Å². The summed E-state index contributed by atoms with van der Waals surface area (Å²) in [5.41, 5.74) is 2.69. The van der Waals surface area contributed by atoms with Gasteiger partial charge in [0.1, 0.15) is 10.7 Å². The highest BCUT2D eigenvalue weighted by Crippen LogP contribution is 2.20. The van der Waals surface area contributed by atoms with Crippen molar-refractivity contribution in [1.29, 1.82) is 0 Å². The number of carbonyl (C=O) groups excluding carboxylic acids is 2. The number of aromatic nitrogens is 2. The molecule has 0 aliphatic heterocycles. The number of nitrogens with one attached hydrogen (secondary N) is 1. The van der Waals surface area contributed by atoms with Gasteiger partial charge in [-0.1, -0.05) is 72.3 Å². The molecule has 6 nitrogen and oxygen atoms in total. The summed E-state index contributed by atoms with van der Waals surface area (Å²) < 4.78 is 6.55. The third kappa shape index (κ3) is 5.23. The second kappa shape index (κ2) is 9.39. The van der Waals surface area contributed by atoms with Gasteiger partial charge in [0.05, 0.1) is 11.7 Å². The number of aryl methyl sites for hydroxylation is 2. The minimum atomic E-state index is -0.671. The Bertz CT molecular complexity index is 987. The number of ether oxygens (including phenoxy) is 1. The fraction of sp³-hybridized carbons (Fsp3) is 0.227. The molecule has 0 aliphatic rings. The van der Waals surface area contributed by atoms with Gasteiger partial charge in [0.25, 0.3) is 5.91 Å². The predicted octanol–water partition coefficient (Wildman–Crippen LogP) is 3.64. The molecule has 3 aromatic rings. The lowest BCUT2D eigenvalue weighted by Crippen LogP contribution is -2.33. The average molecular weight is 412 g/mol. The van der Waals surface area contributed by atoms with E-state index in [4.69, 9.17) is 16.3 Å². The van der Waals surface area contributed by atoms with Gasteiger partial charge in [-0.3, -0.25) is 9.48 Å². The quantitative estimate of drug-likeness (QED) is 0.602. The summed E-state index contributed by atoms with van der Waals surface area (Å²) in [6.45, 7) is 1.26. The van der Waals surface area contributed by atoms with Crippen LogP contribution in [0.2, 0.25) is 5.15 Å². The van der Waals surface area contributed by atoms with Crippen molar-refractivity contribution in [1.82, 2.24) is 15.1 Å². The van der Waals surface area contributed by atoms with Gasteiger partial charge in [-0.05, 0) is 24.5 Å². The summed E-state index contributed by atoms with van der Waals surface area (Å²) in [7, 11) is 1.63. The summed E-state index contributed by atoms with van der Waals surface area (Å²) in [5, 5.41) is 7.21. The number of hydrogen-bond donors (Lipinski definition) is 1. The third-order valence-corrected chi connectivity index (χ3v) is 4.94. The molecule has 0 bridgehead atoms. The number of nitrogens with zero attached hydrogens (tertiary/aromatic N) is 2. The zero-order valence-electron chi connectivity index (χ0n) is 16.3. The first-order valence-corrected chi connectivity index (χ1v) is 9.58. The first kappa shape index (κ1) is 20.6. The fourth-order valence-corrected chi connectivity index (χ4v) is 3.34. The summed E-state index contributed by atoms with van der Waals surface area (Å²) in [6, 6.07) is 19.3. The molecule has 7 heteroatoms. The molecule has 29 heavy (non-hydrogen) atoms. The Morgan fingerprint density at radius 2 is 1.72 bits per heavy atom. The molecular formula is C22H22ClN3O3. The molecular weight excluding hydrogens is 390 g/mol. The molecule has 0 radical (unpaired) electrons. The van der Waals surface area contributed by atoms with E-state index in [2.05, 4.69) is 10.4 Å². The summed E-state index contributed by atoms with van der Waals surface area (Å²) >= 11 is 6.08. The van der Waals surface area contributed by atoms with Crippen LogP contribution in [0.3, 0.4) is 0 Å². The molecule has 0 saturated heterocycles. The molecule has 1 heterocycles. The van der Waals surface area contributed by atoms with Gasteiger partial charge >= 0.3 is 5.97 Å². The lowest BCUT2D eigenvalue weighted by molar-refractivity contribution is -0.125. The van der Waals surface area contributed by atoms with Crippen LogP contribution in [0.25, 0.3) is 0 Å². The van der Waals surface area contributed by atoms with E-state index in [0.29, 0.717) is 12.1 Å². The number of rotatable bonds is 7. The van der Waals surface area contributed by atoms with Crippen molar-refractivity contribution < 1.29 is 14.3 Å². The van der Waals surface area contributed by atoms with Crippen molar-refractivity contribution >= 4 is 23.5 Å². The van der Waals surface area contributed by atoms with Crippen molar-refractivity contribution in [2.45, 2.75) is 19.4 Å². The number of amides is 1. The number of hydrogen-bond acceptors (Lipinski definition) is 4. The van der Waals surface area contributed by atoms with E-state index in [1.165, 1.54) is 4.68 Å². The van der Waals surface area contributed by atoms with Crippen LogP contribution in [0.5, 0.6) is 0 Å². The van der Waals surface area contributed by atoms with Crippen LogP contribution >= 0.6 is 11.6 Å². The second-order valence-corrected chi connectivity index (χ2v) is 7.03. The standard InChI is InChI=1S/C22H22ClN3O3/c1-15-20(21(23)26(2)25-15)22(28)29-14-19(27)24-18(17-11-7-4-8-12-17)13-16-9-5-3-6-10-16/h3-12,18H,13-14H2,1-2H3,(H,24,27).